The topological polar surface area (TPSA) is 69.0 Å². The first-order chi connectivity index (χ1) is 14.0. The largest absolute Gasteiger partial charge is 0.493 e. The third-order valence-corrected chi connectivity index (χ3v) is 5.77. The van der Waals surface area contributed by atoms with Crippen LogP contribution in [0.15, 0.2) is 52.1 Å². The zero-order valence-corrected chi connectivity index (χ0v) is 19.1. The zero-order valence-electron chi connectivity index (χ0n) is 16.0. The molecule has 3 rings (SSSR count). The summed E-state index contributed by atoms with van der Waals surface area (Å²) in [7, 11) is 0. The summed E-state index contributed by atoms with van der Waals surface area (Å²) in [6, 6.07) is 13.0. The van der Waals surface area contributed by atoms with Crippen molar-refractivity contribution in [1.29, 1.82) is 0 Å². The normalized spacial score (nSPS) is 10.8. The van der Waals surface area contributed by atoms with Gasteiger partial charge in [-0.15, -0.1) is 10.2 Å². The van der Waals surface area contributed by atoms with Crippen molar-refractivity contribution < 1.29 is 9.53 Å². The molecule has 0 aliphatic heterocycles. The predicted molar refractivity (Wildman–Crippen MR) is 121 cm³/mol. The second-order valence-corrected chi connectivity index (χ2v) is 8.21. The lowest BCUT2D eigenvalue weighted by Crippen LogP contribution is -2.15. The number of benzene rings is 2. The Labute approximate surface area is 187 Å². The van der Waals surface area contributed by atoms with Crippen LogP contribution in [0.2, 0.25) is 5.02 Å². The molecular formula is C20H20BrClN4O2S. The second-order valence-electron chi connectivity index (χ2n) is 5.94. The van der Waals surface area contributed by atoms with E-state index in [4.69, 9.17) is 16.3 Å². The van der Waals surface area contributed by atoms with Gasteiger partial charge < -0.3 is 14.6 Å². The Balaban J connectivity index is 1.73. The number of carbonyl (C=O) groups is 1. The minimum absolute atomic E-state index is 0.166. The number of carbonyl (C=O) groups excluding carboxylic acids is 1. The van der Waals surface area contributed by atoms with Crippen LogP contribution in [0.3, 0.4) is 0 Å². The fourth-order valence-corrected chi connectivity index (χ4v) is 4.24. The van der Waals surface area contributed by atoms with Gasteiger partial charge in [0.25, 0.3) is 0 Å². The molecule has 0 saturated heterocycles. The summed E-state index contributed by atoms with van der Waals surface area (Å²) in [5.41, 5.74) is 1.45. The van der Waals surface area contributed by atoms with Gasteiger partial charge in [0.2, 0.25) is 5.91 Å². The highest BCUT2D eigenvalue weighted by molar-refractivity contribution is 9.10. The number of hydrogen-bond donors (Lipinski definition) is 1. The van der Waals surface area contributed by atoms with Gasteiger partial charge in [0.1, 0.15) is 5.75 Å². The quantitative estimate of drug-likeness (QED) is 0.417. The zero-order chi connectivity index (χ0) is 20.8. The van der Waals surface area contributed by atoms with Gasteiger partial charge in [0.15, 0.2) is 11.0 Å². The fourth-order valence-electron chi connectivity index (χ4n) is 2.72. The Morgan fingerprint density at radius 3 is 2.76 bits per heavy atom. The van der Waals surface area contributed by atoms with E-state index in [0.29, 0.717) is 29.0 Å². The fraction of sp³-hybridized carbons (Fsp3) is 0.250. The monoisotopic (exact) mass is 494 g/mol. The highest BCUT2D eigenvalue weighted by Gasteiger charge is 2.17. The molecule has 0 atom stereocenters. The van der Waals surface area contributed by atoms with E-state index in [0.717, 1.165) is 21.6 Å². The van der Waals surface area contributed by atoms with Gasteiger partial charge in [-0.3, -0.25) is 4.79 Å². The number of thioether (sulfide) groups is 1. The van der Waals surface area contributed by atoms with E-state index < -0.39 is 0 Å². The van der Waals surface area contributed by atoms with E-state index in [9.17, 15) is 4.79 Å². The molecule has 9 heteroatoms. The van der Waals surface area contributed by atoms with Gasteiger partial charge in [-0.2, -0.15) is 0 Å². The van der Waals surface area contributed by atoms with Crippen molar-refractivity contribution >= 4 is 50.9 Å². The van der Waals surface area contributed by atoms with Crippen molar-refractivity contribution in [3.63, 3.8) is 0 Å². The molecule has 29 heavy (non-hydrogen) atoms. The Morgan fingerprint density at radius 2 is 2.03 bits per heavy atom. The summed E-state index contributed by atoms with van der Waals surface area (Å²) in [6.07, 6.45) is 0. The summed E-state index contributed by atoms with van der Waals surface area (Å²) in [5, 5.41) is 12.6. The maximum atomic E-state index is 12.4. The Morgan fingerprint density at radius 1 is 1.24 bits per heavy atom. The lowest BCUT2D eigenvalue weighted by Gasteiger charge is -2.11. The second kappa shape index (κ2) is 10.1. The van der Waals surface area contributed by atoms with Crippen LogP contribution in [-0.2, 0) is 11.3 Å². The molecule has 152 valence electrons. The molecule has 6 nitrogen and oxygen atoms in total. The molecule has 0 fully saturated rings. The first-order valence-corrected chi connectivity index (χ1v) is 11.2. The number of hydrogen-bond acceptors (Lipinski definition) is 5. The number of anilines is 1. The maximum Gasteiger partial charge on any atom is 0.234 e. The van der Waals surface area contributed by atoms with Gasteiger partial charge in [-0.05, 0) is 44.2 Å². The van der Waals surface area contributed by atoms with Crippen LogP contribution in [0, 0.1) is 0 Å². The van der Waals surface area contributed by atoms with Gasteiger partial charge in [0.05, 0.1) is 28.6 Å². The lowest BCUT2D eigenvalue weighted by atomic mass is 10.2. The number of halogens is 2. The lowest BCUT2D eigenvalue weighted by molar-refractivity contribution is -0.113. The molecule has 0 saturated carbocycles. The molecule has 1 aromatic heterocycles. The summed E-state index contributed by atoms with van der Waals surface area (Å²) in [6.45, 7) is 5.20. The minimum atomic E-state index is -0.166. The first kappa shape index (κ1) is 21.7. The van der Waals surface area contributed by atoms with Crippen LogP contribution in [-0.4, -0.2) is 33.0 Å². The number of aromatic nitrogens is 3. The number of nitrogens with zero attached hydrogens (tertiary/aromatic N) is 3. The third kappa shape index (κ3) is 5.32. The van der Waals surface area contributed by atoms with Crippen LogP contribution < -0.4 is 10.1 Å². The van der Waals surface area contributed by atoms with Crippen molar-refractivity contribution in [2.45, 2.75) is 25.5 Å². The summed E-state index contributed by atoms with van der Waals surface area (Å²) < 4.78 is 8.54. The van der Waals surface area contributed by atoms with Crippen LogP contribution in [0.4, 0.5) is 5.69 Å². The third-order valence-electron chi connectivity index (χ3n) is 4.00. The van der Waals surface area contributed by atoms with Gasteiger partial charge in [-0.25, -0.2) is 0 Å². The predicted octanol–water partition coefficient (Wildman–Crippen LogP) is 5.51. The smallest absolute Gasteiger partial charge is 0.234 e. The molecular weight excluding hydrogens is 476 g/mol. The Kier molecular flexibility index (Phi) is 7.57. The molecule has 1 amide bonds. The average Bonchev–Trinajstić information content (AvgIpc) is 3.12. The summed E-state index contributed by atoms with van der Waals surface area (Å²) in [4.78, 5) is 12.4. The van der Waals surface area contributed by atoms with E-state index >= 15 is 0 Å². The van der Waals surface area contributed by atoms with Crippen LogP contribution >= 0.6 is 39.3 Å². The standard InChI is InChI=1S/C20H20BrClN4O2S/c1-3-26-19(14-7-5-6-8-17(14)28-4-2)24-25-20(26)29-12-18(27)23-16-10-9-13(21)11-15(16)22/h5-11H,3-4,12H2,1-2H3,(H,23,27). The minimum Gasteiger partial charge on any atom is -0.493 e. The van der Waals surface area contributed by atoms with Crippen LogP contribution in [0.1, 0.15) is 13.8 Å². The number of para-hydroxylation sites is 1. The van der Waals surface area contributed by atoms with Crippen molar-refractivity contribution in [3.8, 4) is 17.1 Å². The van der Waals surface area contributed by atoms with Crippen molar-refractivity contribution in [3.05, 3.63) is 52.0 Å². The molecule has 1 heterocycles. The molecule has 0 radical (unpaired) electrons. The van der Waals surface area contributed by atoms with Crippen LogP contribution in [0.25, 0.3) is 11.4 Å². The highest BCUT2D eigenvalue weighted by atomic mass is 79.9. The van der Waals surface area contributed by atoms with Gasteiger partial charge in [-0.1, -0.05) is 51.4 Å². The Bertz CT molecular complexity index is 1010. The van der Waals surface area contributed by atoms with Crippen molar-refractivity contribution in [2.75, 3.05) is 17.7 Å². The van der Waals surface area contributed by atoms with E-state index in [1.165, 1.54) is 11.8 Å². The number of ether oxygens (including phenoxy) is 1. The van der Waals surface area contributed by atoms with Crippen LogP contribution in [0.5, 0.6) is 5.75 Å². The molecule has 1 N–H and O–H groups in total. The summed E-state index contributed by atoms with van der Waals surface area (Å²) >= 11 is 10.8. The number of nitrogens with one attached hydrogen (secondary N) is 1. The molecule has 0 unspecified atom stereocenters. The average molecular weight is 496 g/mol. The molecule has 0 bridgehead atoms. The molecule has 2 aromatic carbocycles. The SMILES string of the molecule is CCOc1ccccc1-c1nnc(SCC(=O)Nc2ccc(Br)cc2Cl)n1CC. The van der Waals surface area contributed by atoms with E-state index in [1.54, 1.807) is 12.1 Å². The molecule has 0 spiro atoms. The first-order valence-electron chi connectivity index (χ1n) is 9.06. The molecule has 0 aliphatic rings. The number of amides is 1. The van der Waals surface area contributed by atoms with E-state index in [2.05, 4.69) is 31.4 Å². The van der Waals surface area contributed by atoms with E-state index in [-0.39, 0.29) is 11.7 Å². The molecule has 0 aliphatic carbocycles. The van der Waals surface area contributed by atoms with E-state index in [1.807, 2.05) is 48.7 Å². The molecule has 3 aromatic rings. The van der Waals surface area contributed by atoms with Gasteiger partial charge in [0, 0.05) is 11.0 Å². The van der Waals surface area contributed by atoms with Crippen molar-refractivity contribution in [2.24, 2.45) is 0 Å². The maximum absolute atomic E-state index is 12.4. The van der Waals surface area contributed by atoms with Gasteiger partial charge >= 0.3 is 0 Å². The summed E-state index contributed by atoms with van der Waals surface area (Å²) in [5.74, 6) is 1.50. The number of rotatable bonds is 8. The Hall–Kier alpha value is -2.03. The van der Waals surface area contributed by atoms with Crippen molar-refractivity contribution in [1.82, 2.24) is 14.8 Å². The highest BCUT2D eigenvalue weighted by Crippen LogP contribution is 2.31.